The second-order valence-corrected chi connectivity index (χ2v) is 6.81. The van der Waals surface area contributed by atoms with E-state index in [2.05, 4.69) is 5.10 Å². The number of hydrogen-bond donors (Lipinski definition) is 0. The quantitative estimate of drug-likeness (QED) is 0.698. The van der Waals surface area contributed by atoms with Crippen molar-refractivity contribution in [3.8, 4) is 11.4 Å². The van der Waals surface area contributed by atoms with Crippen molar-refractivity contribution in [3.05, 3.63) is 42.2 Å². The van der Waals surface area contributed by atoms with Gasteiger partial charge in [0.1, 0.15) is 0 Å². The molecule has 0 aliphatic rings. The van der Waals surface area contributed by atoms with Gasteiger partial charge in [-0.1, -0.05) is 18.2 Å². The number of amides is 1. The number of benzene rings is 1. The van der Waals surface area contributed by atoms with Gasteiger partial charge < -0.3 is 14.4 Å². The molecule has 0 saturated heterocycles. The molecule has 0 aliphatic carbocycles. The van der Waals surface area contributed by atoms with E-state index in [4.69, 9.17) is 9.47 Å². The second kappa shape index (κ2) is 8.70. The van der Waals surface area contributed by atoms with Crippen LogP contribution >= 0.6 is 0 Å². The van der Waals surface area contributed by atoms with E-state index < -0.39 is 12.1 Å². The third kappa shape index (κ3) is 4.67. The topological polar surface area (TPSA) is 73.7 Å². The molecule has 0 saturated carbocycles. The Bertz CT molecular complexity index is 776. The molecule has 0 fully saturated rings. The van der Waals surface area contributed by atoms with Gasteiger partial charge in [0.2, 0.25) is 5.69 Å². The van der Waals surface area contributed by atoms with Gasteiger partial charge in [-0.15, -0.1) is 0 Å². The Morgan fingerprint density at radius 2 is 1.63 bits per heavy atom. The highest BCUT2D eigenvalue weighted by molar-refractivity contribution is 5.93. The molecule has 146 valence electrons. The molecule has 0 aliphatic heterocycles. The average molecular weight is 373 g/mol. The largest absolute Gasteiger partial charge is 0.493 e. The van der Waals surface area contributed by atoms with E-state index in [1.807, 2.05) is 58.0 Å². The zero-order chi connectivity index (χ0) is 20.1. The summed E-state index contributed by atoms with van der Waals surface area (Å²) in [5, 5.41) is 4.27. The van der Waals surface area contributed by atoms with Crippen molar-refractivity contribution < 1.29 is 19.1 Å². The summed E-state index contributed by atoms with van der Waals surface area (Å²) < 4.78 is 12.2. The second-order valence-electron chi connectivity index (χ2n) is 6.81. The van der Waals surface area contributed by atoms with Gasteiger partial charge in [-0.3, -0.25) is 4.79 Å². The highest BCUT2D eigenvalue weighted by Gasteiger charge is 2.30. The van der Waals surface area contributed by atoms with E-state index in [1.165, 1.54) is 11.8 Å². The molecule has 1 aromatic heterocycles. The van der Waals surface area contributed by atoms with Crippen molar-refractivity contribution >= 4 is 11.9 Å². The monoisotopic (exact) mass is 373 g/mol. The van der Waals surface area contributed by atoms with Crippen LogP contribution in [0, 0.1) is 0 Å². The first kappa shape index (κ1) is 20.5. The normalized spacial score (nSPS) is 12.1. The van der Waals surface area contributed by atoms with Crippen molar-refractivity contribution in [1.29, 1.82) is 0 Å². The minimum absolute atomic E-state index is 0.00507. The molecule has 0 spiro atoms. The molecule has 1 unspecified atom stereocenters. The number of nitrogens with zero attached hydrogens (tertiary/aromatic N) is 3. The van der Waals surface area contributed by atoms with Crippen LogP contribution in [0.3, 0.4) is 0 Å². The molecule has 0 bridgehead atoms. The number of ether oxygens (including phenoxy) is 2. The van der Waals surface area contributed by atoms with Gasteiger partial charge in [0, 0.05) is 12.1 Å². The van der Waals surface area contributed by atoms with E-state index in [1.54, 1.807) is 18.0 Å². The predicted molar refractivity (Wildman–Crippen MR) is 102 cm³/mol. The maximum absolute atomic E-state index is 12.7. The summed E-state index contributed by atoms with van der Waals surface area (Å²) in [4.78, 5) is 27.0. The van der Waals surface area contributed by atoms with E-state index in [-0.39, 0.29) is 29.4 Å². The van der Waals surface area contributed by atoms with Gasteiger partial charge in [0.15, 0.2) is 11.9 Å². The van der Waals surface area contributed by atoms with Crippen LogP contribution in [0.1, 0.15) is 45.1 Å². The Balaban J connectivity index is 2.20. The van der Waals surface area contributed by atoms with Gasteiger partial charge in [-0.25, -0.2) is 9.48 Å². The lowest BCUT2D eigenvalue weighted by Gasteiger charge is -2.32. The first-order valence-electron chi connectivity index (χ1n) is 8.98. The molecule has 1 aromatic carbocycles. The summed E-state index contributed by atoms with van der Waals surface area (Å²) in [6, 6.07) is 9.36. The Kier molecular flexibility index (Phi) is 6.60. The van der Waals surface area contributed by atoms with E-state index in [9.17, 15) is 9.59 Å². The molecule has 7 heteroatoms. The maximum atomic E-state index is 12.7. The summed E-state index contributed by atoms with van der Waals surface area (Å²) in [7, 11) is 1.46. The number of para-hydroxylation sites is 1. The number of aromatic nitrogens is 2. The van der Waals surface area contributed by atoms with Crippen molar-refractivity contribution in [2.75, 3.05) is 7.11 Å². The molecule has 1 amide bonds. The average Bonchev–Trinajstić information content (AvgIpc) is 3.06. The number of rotatable bonds is 7. The molecule has 0 N–H and O–H groups in total. The number of esters is 1. The molecule has 0 radical (unpaired) electrons. The Hall–Kier alpha value is -2.83. The molecule has 27 heavy (non-hydrogen) atoms. The lowest BCUT2D eigenvalue weighted by molar-refractivity contribution is -0.143. The summed E-state index contributed by atoms with van der Waals surface area (Å²) in [5.41, 5.74) is 0.811. The first-order valence-corrected chi connectivity index (χ1v) is 8.98. The summed E-state index contributed by atoms with van der Waals surface area (Å²) in [6.07, 6.45) is 0.682. The van der Waals surface area contributed by atoms with Crippen molar-refractivity contribution in [2.24, 2.45) is 0 Å². The van der Waals surface area contributed by atoms with Crippen LogP contribution in [0.15, 0.2) is 36.5 Å². The fraction of sp³-hybridized carbons (Fsp3) is 0.450. The Labute approximate surface area is 159 Å². The number of hydrogen-bond acceptors (Lipinski definition) is 5. The third-order valence-corrected chi connectivity index (χ3v) is 4.11. The molecule has 1 heterocycles. The SMILES string of the molecule is COc1cn(-c2ccccc2)nc1C(=O)OC(C)C(=O)N(C(C)C)C(C)C. The molecule has 1 atom stereocenters. The highest BCUT2D eigenvalue weighted by Crippen LogP contribution is 2.21. The van der Waals surface area contributed by atoms with E-state index in [0.29, 0.717) is 0 Å². The summed E-state index contributed by atoms with van der Waals surface area (Å²) >= 11 is 0. The van der Waals surface area contributed by atoms with E-state index >= 15 is 0 Å². The number of carbonyl (C=O) groups is 2. The van der Waals surface area contributed by atoms with Crippen LogP contribution in [-0.4, -0.2) is 51.9 Å². The van der Waals surface area contributed by atoms with Crippen LogP contribution in [0.5, 0.6) is 5.75 Å². The van der Waals surface area contributed by atoms with Crippen molar-refractivity contribution in [2.45, 2.75) is 52.8 Å². The van der Waals surface area contributed by atoms with Crippen LogP contribution in [0.2, 0.25) is 0 Å². The van der Waals surface area contributed by atoms with Crippen LogP contribution in [-0.2, 0) is 9.53 Å². The lowest BCUT2D eigenvalue weighted by atomic mass is 10.2. The molecule has 7 nitrogen and oxygen atoms in total. The molecular formula is C20H27N3O4. The number of carbonyl (C=O) groups excluding carboxylic acids is 2. The van der Waals surface area contributed by atoms with Crippen molar-refractivity contribution in [3.63, 3.8) is 0 Å². The predicted octanol–water partition coefficient (Wildman–Crippen LogP) is 3.07. The summed E-state index contributed by atoms with van der Waals surface area (Å²) in [5.74, 6) is -0.655. The zero-order valence-electron chi connectivity index (χ0n) is 16.7. The van der Waals surface area contributed by atoms with Crippen LogP contribution in [0.4, 0.5) is 0 Å². The summed E-state index contributed by atoms with van der Waals surface area (Å²) in [6.45, 7) is 9.28. The fourth-order valence-electron chi connectivity index (χ4n) is 2.94. The fourth-order valence-corrected chi connectivity index (χ4v) is 2.94. The van der Waals surface area contributed by atoms with Gasteiger partial charge >= 0.3 is 5.97 Å². The Morgan fingerprint density at radius 1 is 1.04 bits per heavy atom. The first-order chi connectivity index (χ1) is 12.8. The van der Waals surface area contributed by atoms with Crippen LogP contribution in [0.25, 0.3) is 5.69 Å². The molecular weight excluding hydrogens is 346 g/mol. The number of methoxy groups -OCH3 is 1. The zero-order valence-corrected chi connectivity index (χ0v) is 16.7. The lowest BCUT2D eigenvalue weighted by Crippen LogP contribution is -2.47. The van der Waals surface area contributed by atoms with E-state index in [0.717, 1.165) is 5.69 Å². The smallest absolute Gasteiger partial charge is 0.363 e. The van der Waals surface area contributed by atoms with Gasteiger partial charge in [0.05, 0.1) is 19.0 Å². The Morgan fingerprint density at radius 3 is 2.15 bits per heavy atom. The molecule has 2 aromatic rings. The maximum Gasteiger partial charge on any atom is 0.363 e. The minimum Gasteiger partial charge on any atom is -0.493 e. The molecule has 2 rings (SSSR count). The minimum atomic E-state index is -0.922. The third-order valence-electron chi connectivity index (χ3n) is 4.11. The standard InChI is InChI=1S/C20H27N3O4/c1-13(2)23(14(3)4)19(24)15(5)27-20(25)18-17(26-6)12-22(21-18)16-10-8-7-9-11-16/h7-15H,1-6H3. The van der Waals surface area contributed by atoms with Gasteiger partial charge in [0.25, 0.3) is 5.91 Å². The highest BCUT2D eigenvalue weighted by atomic mass is 16.6. The van der Waals surface area contributed by atoms with Gasteiger partial charge in [-0.2, -0.15) is 5.10 Å². The van der Waals surface area contributed by atoms with Crippen molar-refractivity contribution in [1.82, 2.24) is 14.7 Å². The van der Waals surface area contributed by atoms with Crippen LogP contribution < -0.4 is 4.74 Å². The van der Waals surface area contributed by atoms with Gasteiger partial charge in [-0.05, 0) is 46.8 Å².